The van der Waals surface area contributed by atoms with Crippen LogP contribution in [0.5, 0.6) is 0 Å². The second-order valence-corrected chi connectivity index (χ2v) is 12.4. The van der Waals surface area contributed by atoms with Gasteiger partial charge >= 0.3 is 6.09 Å². The van der Waals surface area contributed by atoms with Crippen LogP contribution >= 0.6 is 0 Å². The van der Waals surface area contributed by atoms with Crippen LogP contribution < -0.4 is 0 Å². The Morgan fingerprint density at radius 2 is 1.83 bits per heavy atom. The molecule has 1 saturated carbocycles. The van der Waals surface area contributed by atoms with Crippen molar-refractivity contribution in [2.24, 2.45) is 17.8 Å². The van der Waals surface area contributed by atoms with E-state index in [4.69, 9.17) is 4.74 Å². The van der Waals surface area contributed by atoms with Gasteiger partial charge in [0.25, 0.3) is 0 Å². The molecule has 3 aliphatic rings. The maximum atomic E-state index is 13.8. The standard InChI is InChI=1S/C30H44N2O3/c1-19(2)27-26-17-23-11-8-20(3)16-25(23)24(26)14-15-32(27)28(33)22-12-9-21(10-13-22)18-31(7)29(34)35-30(4,5)6/h8,11,16,19,21-22,27H,9-10,12-15,17-18H2,1-7H3. The number of rotatable bonds is 4. The van der Waals surface area contributed by atoms with E-state index in [9.17, 15) is 9.59 Å². The number of benzene rings is 1. The lowest BCUT2D eigenvalue weighted by Crippen LogP contribution is -2.50. The summed E-state index contributed by atoms with van der Waals surface area (Å²) in [7, 11) is 1.82. The molecule has 35 heavy (non-hydrogen) atoms. The lowest BCUT2D eigenvalue weighted by Gasteiger charge is -2.42. The maximum Gasteiger partial charge on any atom is 0.410 e. The lowest BCUT2D eigenvalue weighted by molar-refractivity contribution is -0.139. The summed E-state index contributed by atoms with van der Waals surface area (Å²) in [5.41, 5.74) is 6.66. The number of carbonyl (C=O) groups is 2. The highest BCUT2D eigenvalue weighted by atomic mass is 16.6. The van der Waals surface area contributed by atoms with Gasteiger partial charge in [-0.05, 0) is 100 Å². The van der Waals surface area contributed by atoms with Gasteiger partial charge in [-0.3, -0.25) is 4.79 Å². The molecule has 5 heteroatoms. The van der Waals surface area contributed by atoms with E-state index in [0.717, 1.165) is 45.1 Å². The molecule has 1 unspecified atom stereocenters. The first kappa shape index (κ1) is 25.8. The Morgan fingerprint density at radius 3 is 2.46 bits per heavy atom. The van der Waals surface area contributed by atoms with E-state index < -0.39 is 5.60 Å². The topological polar surface area (TPSA) is 49.9 Å². The average molecular weight is 481 g/mol. The molecule has 0 N–H and O–H groups in total. The van der Waals surface area contributed by atoms with Crippen LogP contribution in [0.4, 0.5) is 4.79 Å². The first-order valence-electron chi connectivity index (χ1n) is 13.5. The minimum atomic E-state index is -0.481. The van der Waals surface area contributed by atoms with Crippen molar-refractivity contribution in [1.82, 2.24) is 9.80 Å². The second kappa shape index (κ2) is 9.99. The van der Waals surface area contributed by atoms with Crippen molar-refractivity contribution in [3.63, 3.8) is 0 Å². The third kappa shape index (κ3) is 5.59. The minimum Gasteiger partial charge on any atom is -0.444 e. The second-order valence-electron chi connectivity index (χ2n) is 12.4. The highest BCUT2D eigenvalue weighted by Crippen LogP contribution is 2.44. The Morgan fingerprint density at radius 1 is 1.14 bits per heavy atom. The van der Waals surface area contributed by atoms with E-state index >= 15 is 0 Å². The lowest BCUT2D eigenvalue weighted by atomic mass is 9.79. The van der Waals surface area contributed by atoms with Crippen LogP contribution in [-0.4, -0.2) is 53.6 Å². The average Bonchev–Trinajstić information content (AvgIpc) is 3.14. The number of nitrogens with zero attached hydrogens (tertiary/aromatic N) is 2. The summed E-state index contributed by atoms with van der Waals surface area (Å²) < 4.78 is 5.50. The zero-order valence-corrected chi connectivity index (χ0v) is 22.8. The highest BCUT2D eigenvalue weighted by molar-refractivity contribution is 5.84. The van der Waals surface area contributed by atoms with Crippen molar-refractivity contribution in [3.05, 3.63) is 40.5 Å². The number of hydrogen-bond acceptors (Lipinski definition) is 3. The van der Waals surface area contributed by atoms with E-state index in [-0.39, 0.29) is 18.1 Å². The van der Waals surface area contributed by atoms with Crippen molar-refractivity contribution in [2.45, 2.75) is 91.7 Å². The first-order valence-corrected chi connectivity index (χ1v) is 13.5. The van der Waals surface area contributed by atoms with Crippen LogP contribution in [0.3, 0.4) is 0 Å². The first-order chi connectivity index (χ1) is 16.4. The largest absolute Gasteiger partial charge is 0.444 e. The third-order valence-electron chi connectivity index (χ3n) is 8.00. The van der Waals surface area contributed by atoms with Crippen molar-refractivity contribution in [1.29, 1.82) is 0 Å². The van der Waals surface area contributed by atoms with Gasteiger partial charge in [-0.2, -0.15) is 0 Å². The molecular weight excluding hydrogens is 436 g/mol. The SMILES string of the molecule is Cc1ccc2c(c1)C1=C(C2)C(C(C)C)N(C(=O)C2CCC(CN(C)C(=O)OC(C)(C)C)CC2)CC1. The van der Waals surface area contributed by atoms with Crippen LogP contribution in [0.1, 0.15) is 83.4 Å². The van der Waals surface area contributed by atoms with Gasteiger partial charge < -0.3 is 14.5 Å². The zero-order chi connectivity index (χ0) is 25.5. The van der Waals surface area contributed by atoms with E-state index in [1.807, 2.05) is 27.8 Å². The van der Waals surface area contributed by atoms with Gasteiger partial charge in [0.05, 0.1) is 6.04 Å². The fourth-order valence-corrected chi connectivity index (χ4v) is 6.39. The molecule has 1 aromatic carbocycles. The van der Waals surface area contributed by atoms with Crippen molar-refractivity contribution in [2.75, 3.05) is 20.1 Å². The van der Waals surface area contributed by atoms with Gasteiger partial charge in [-0.15, -0.1) is 0 Å². The van der Waals surface area contributed by atoms with Gasteiger partial charge in [-0.1, -0.05) is 37.6 Å². The third-order valence-corrected chi connectivity index (χ3v) is 8.00. The smallest absolute Gasteiger partial charge is 0.410 e. The molecule has 1 heterocycles. The minimum absolute atomic E-state index is 0.104. The molecule has 1 aromatic rings. The number of carbonyl (C=O) groups excluding carboxylic acids is 2. The summed E-state index contributed by atoms with van der Waals surface area (Å²) in [5, 5.41) is 0. The molecule has 0 saturated heterocycles. The molecule has 4 rings (SSSR count). The van der Waals surface area contributed by atoms with Gasteiger partial charge in [-0.25, -0.2) is 4.79 Å². The van der Waals surface area contributed by atoms with Crippen LogP contribution in [0.15, 0.2) is 23.8 Å². The molecule has 2 aliphatic carbocycles. The number of aryl methyl sites for hydroxylation is 1. The summed E-state index contributed by atoms with van der Waals surface area (Å²) in [4.78, 5) is 30.1. The molecule has 2 amide bonds. The molecule has 192 valence electrons. The Hall–Kier alpha value is -2.30. The van der Waals surface area contributed by atoms with E-state index in [2.05, 4.69) is 43.9 Å². The van der Waals surface area contributed by atoms with E-state index in [1.54, 1.807) is 4.90 Å². The Balaban J connectivity index is 1.38. The van der Waals surface area contributed by atoms with Gasteiger partial charge in [0.15, 0.2) is 0 Å². The van der Waals surface area contributed by atoms with Gasteiger partial charge in [0.1, 0.15) is 5.60 Å². The number of ether oxygens (including phenoxy) is 1. The zero-order valence-electron chi connectivity index (χ0n) is 22.8. The fourth-order valence-electron chi connectivity index (χ4n) is 6.39. The molecule has 0 radical (unpaired) electrons. The van der Waals surface area contributed by atoms with Crippen molar-refractivity contribution >= 4 is 17.6 Å². The molecule has 0 bridgehead atoms. The molecule has 0 spiro atoms. The Kier molecular flexibility index (Phi) is 7.36. The maximum absolute atomic E-state index is 13.8. The quantitative estimate of drug-likeness (QED) is 0.513. The number of fused-ring (bicyclic) bond motifs is 2. The molecule has 0 aromatic heterocycles. The van der Waals surface area contributed by atoms with Gasteiger partial charge in [0.2, 0.25) is 5.91 Å². The normalized spacial score (nSPS) is 24.3. The molecule has 5 nitrogen and oxygen atoms in total. The van der Waals surface area contributed by atoms with Gasteiger partial charge in [0, 0.05) is 26.1 Å². The fraction of sp³-hybridized carbons (Fsp3) is 0.667. The van der Waals surface area contributed by atoms with Crippen LogP contribution in [0.25, 0.3) is 5.57 Å². The van der Waals surface area contributed by atoms with Crippen LogP contribution in [-0.2, 0) is 16.0 Å². The molecular formula is C30H44N2O3. The molecule has 1 atom stereocenters. The van der Waals surface area contributed by atoms with E-state index in [1.165, 1.54) is 27.8 Å². The summed E-state index contributed by atoms with van der Waals surface area (Å²) in [6.07, 6.45) is 5.50. The monoisotopic (exact) mass is 480 g/mol. The van der Waals surface area contributed by atoms with E-state index in [0.29, 0.717) is 24.3 Å². The molecule has 1 aliphatic heterocycles. The summed E-state index contributed by atoms with van der Waals surface area (Å²) in [5.74, 6) is 1.29. The Labute approximate surface area is 211 Å². The van der Waals surface area contributed by atoms with Crippen molar-refractivity contribution < 1.29 is 14.3 Å². The van der Waals surface area contributed by atoms with Crippen LogP contribution in [0, 0.1) is 24.7 Å². The summed E-state index contributed by atoms with van der Waals surface area (Å²) >= 11 is 0. The number of hydrogen-bond donors (Lipinski definition) is 0. The molecule has 1 fully saturated rings. The predicted molar refractivity (Wildman–Crippen MR) is 141 cm³/mol. The number of amides is 2. The van der Waals surface area contributed by atoms with Crippen LogP contribution in [0.2, 0.25) is 0 Å². The summed E-state index contributed by atoms with van der Waals surface area (Å²) in [6.45, 7) is 13.9. The Bertz CT molecular complexity index is 995. The van der Waals surface area contributed by atoms with Crippen molar-refractivity contribution in [3.8, 4) is 0 Å². The predicted octanol–water partition coefficient (Wildman–Crippen LogP) is 6.23. The highest BCUT2D eigenvalue weighted by Gasteiger charge is 2.41. The summed E-state index contributed by atoms with van der Waals surface area (Å²) in [6, 6.07) is 7.03.